The van der Waals surface area contributed by atoms with E-state index >= 15 is 0 Å². The number of carbonyl (C=O) groups is 9. The number of allylic oxidation sites excluding steroid dienone is 6. The first-order valence-electron chi connectivity index (χ1n) is 32.1. The third-order valence-corrected chi connectivity index (χ3v) is 20.6. The van der Waals surface area contributed by atoms with Gasteiger partial charge in [0.1, 0.15) is 42.8 Å². The fraction of sp³-hybridized carbons (Fsp3) is 0.662. The third-order valence-electron chi connectivity index (χ3n) is 17.4. The fourth-order valence-electron chi connectivity index (χ4n) is 11.9. The van der Waals surface area contributed by atoms with E-state index in [0.717, 1.165) is 0 Å². The lowest BCUT2D eigenvalue weighted by Crippen LogP contribution is -2.52. The molecule has 0 radical (unpaired) electrons. The number of hydrogen-bond donors (Lipinski definition) is 5. The Morgan fingerprint density at radius 1 is 0.804 bits per heavy atom. The van der Waals surface area contributed by atoms with Gasteiger partial charge in [0.25, 0.3) is 5.91 Å². The van der Waals surface area contributed by atoms with E-state index in [4.69, 9.17) is 28.4 Å². The molecule has 92 heavy (non-hydrogen) atoms. The fourth-order valence-corrected chi connectivity index (χ4v) is 16.0. The number of unbranched alkanes of at least 4 members (excludes halogenated alkanes) is 2. The van der Waals surface area contributed by atoms with Crippen molar-refractivity contribution in [1.29, 1.82) is 0 Å². The maximum absolute atomic E-state index is 14.6. The Kier molecular flexibility index (Phi) is 35.4. The van der Waals surface area contributed by atoms with Crippen molar-refractivity contribution in [3.63, 3.8) is 0 Å². The van der Waals surface area contributed by atoms with E-state index in [2.05, 4.69) is 10.6 Å². The number of cyclic esters (lactones) is 1. The molecule has 5 N–H and O–H groups in total. The number of benzene rings is 1. The van der Waals surface area contributed by atoms with Crippen LogP contribution in [0.25, 0.3) is 0 Å². The highest BCUT2D eigenvalue weighted by atomic mass is 127. The van der Waals surface area contributed by atoms with Gasteiger partial charge in [-0.2, -0.15) is 0 Å². The van der Waals surface area contributed by atoms with Crippen molar-refractivity contribution < 1.29 is 86.9 Å². The zero-order valence-electron chi connectivity index (χ0n) is 55.2. The van der Waals surface area contributed by atoms with Crippen LogP contribution in [-0.2, 0) is 66.8 Å². The molecule has 3 amide bonds. The van der Waals surface area contributed by atoms with Crippen LogP contribution in [0.5, 0.6) is 0 Å². The summed E-state index contributed by atoms with van der Waals surface area (Å²) in [7, 11) is 2.90. The molecule has 2 heterocycles. The van der Waals surface area contributed by atoms with Crippen LogP contribution in [0.3, 0.4) is 0 Å². The Hall–Kier alpha value is -4.04. The monoisotopic (exact) mass is 1630 g/mol. The molecule has 4 rings (SSSR count). The number of hydrogen-bond acceptors (Lipinski definition) is 18. The molecular formula is C68H98I3N3O18. The SMILES string of the molecule is CO[C@@H]1C[C@H](C[C@@H](C)[C@@H]2CC(=O)[C@H](C)/C=C(\C)[C@@H](O)[C@@H](OC)C(=O)[C@H](C)C[C@H](C)/C=C/C=C/C=C(\C)[C@@H](O)C[C@H](CC[C@@H](C)CO)OCC(=O)C(=O)N3CCCC[C@H]3C(=O)O2)CC[C@H]1OC(=O)CCCCCOC(=O)c1c(I)c(NC(C)=O)c(I)c(NC(C)=O)c1I. The van der Waals surface area contributed by atoms with Gasteiger partial charge >= 0.3 is 17.9 Å². The molecular weight excluding hydrogens is 1530 g/mol. The molecule has 3 aliphatic rings. The summed E-state index contributed by atoms with van der Waals surface area (Å²) in [5.74, 6) is -6.78. The maximum Gasteiger partial charge on any atom is 0.340 e. The number of aliphatic hydroxyl groups excluding tert-OH is 3. The highest BCUT2D eigenvalue weighted by molar-refractivity contribution is 14.1. The number of fused-ring (bicyclic) bond motifs is 1. The Morgan fingerprint density at radius 2 is 1.48 bits per heavy atom. The van der Waals surface area contributed by atoms with Crippen LogP contribution in [0.4, 0.5) is 11.4 Å². The molecule has 0 aromatic heterocycles. The molecule has 1 aliphatic carbocycles. The molecule has 0 spiro atoms. The minimum atomic E-state index is -1.37. The van der Waals surface area contributed by atoms with Crippen LogP contribution in [0.1, 0.15) is 175 Å². The van der Waals surface area contributed by atoms with E-state index in [1.807, 2.05) is 107 Å². The van der Waals surface area contributed by atoms with Crippen molar-refractivity contribution in [3.8, 4) is 0 Å². The number of nitrogens with zero attached hydrogens (tertiary/aromatic N) is 1. The van der Waals surface area contributed by atoms with Crippen LogP contribution >= 0.6 is 67.8 Å². The molecule has 24 heteroatoms. The molecule has 1 aromatic carbocycles. The Bertz CT molecular complexity index is 2800. The van der Waals surface area contributed by atoms with Crippen LogP contribution in [0.2, 0.25) is 0 Å². The van der Waals surface area contributed by atoms with Gasteiger partial charge in [-0.05, 0) is 200 Å². The molecule has 21 nitrogen and oxygen atoms in total. The zero-order chi connectivity index (χ0) is 68.5. The minimum absolute atomic E-state index is 0.0189. The van der Waals surface area contributed by atoms with Gasteiger partial charge in [0.2, 0.25) is 17.6 Å². The number of esters is 3. The lowest BCUT2D eigenvalue weighted by Gasteiger charge is -2.38. The molecule has 1 aromatic rings. The second kappa shape index (κ2) is 40.5. The standard InChI is InChI=1S/C68H98I3N3O18/c1-38-20-14-12-15-21-40(3)50(78)34-48(26-24-39(2)36-75)90-37-52(80)66(84)74-28-18-17-22-49(74)67(85)92-54(35-51(79)41(4)31-44(7)64(83)65(88-11)63(82)43(6)30-38)42(5)32-47-25-27-53(55(33-47)87-10)91-56(81)23-16-13-19-29-89-68(86)57-58(69)61(72-45(8)76)60(71)62(59(57)70)73-46(9)77/h12,14-15,20-21,31,38-39,41-43,47-50,53-55,64-65,75,78,83H,13,16-19,22-30,32-37H2,1-11H3,(H,72,76)(H,73,77)/b15-12+,20-14+,40-21+,44-31+/t38-,39-,41-,42-,43-,47+,48+,49+,50+,53-,54+,55-,64-,65+/m1/s1. The number of methoxy groups -OCH3 is 2. The number of ether oxygens (including phenoxy) is 6. The highest BCUT2D eigenvalue weighted by Crippen LogP contribution is 2.40. The first-order valence-corrected chi connectivity index (χ1v) is 35.3. The van der Waals surface area contributed by atoms with E-state index < -0.39 is 103 Å². The molecule has 0 unspecified atom stereocenters. The van der Waals surface area contributed by atoms with Crippen LogP contribution in [-0.4, -0.2) is 163 Å². The van der Waals surface area contributed by atoms with Crippen molar-refractivity contribution in [2.24, 2.45) is 35.5 Å². The summed E-state index contributed by atoms with van der Waals surface area (Å²) in [6.45, 7) is 14.8. The number of anilines is 2. The summed E-state index contributed by atoms with van der Waals surface area (Å²) in [6.07, 6.45) is 10.7. The molecule has 1 saturated carbocycles. The number of ketones is 3. The average molecular weight is 1630 g/mol. The van der Waals surface area contributed by atoms with Crippen molar-refractivity contribution in [1.82, 2.24) is 4.90 Å². The van der Waals surface area contributed by atoms with E-state index in [0.29, 0.717) is 110 Å². The van der Waals surface area contributed by atoms with Gasteiger partial charge in [-0.25, -0.2) is 9.59 Å². The summed E-state index contributed by atoms with van der Waals surface area (Å²) in [4.78, 5) is 123. The predicted molar refractivity (Wildman–Crippen MR) is 373 cm³/mol. The van der Waals surface area contributed by atoms with E-state index in [9.17, 15) is 58.5 Å². The van der Waals surface area contributed by atoms with E-state index in [1.54, 1.807) is 53.0 Å². The molecule has 0 bridgehead atoms. The number of amides is 3. The number of piperidine rings is 1. The summed E-state index contributed by atoms with van der Waals surface area (Å²) in [5.41, 5.74) is 1.95. The summed E-state index contributed by atoms with van der Waals surface area (Å²) in [6, 6.07) is -1.14. The second-order valence-electron chi connectivity index (χ2n) is 25.2. The smallest absolute Gasteiger partial charge is 0.340 e. The summed E-state index contributed by atoms with van der Waals surface area (Å²) < 4.78 is 37.1. The second-order valence-corrected chi connectivity index (χ2v) is 28.4. The minimum Gasteiger partial charge on any atom is -0.462 e. The normalized spacial score (nSPS) is 29.1. The Balaban J connectivity index is 1.51. The van der Waals surface area contributed by atoms with Gasteiger partial charge in [0.15, 0.2) is 5.78 Å². The molecule has 2 fully saturated rings. The predicted octanol–water partition coefficient (Wildman–Crippen LogP) is 10.5. The van der Waals surface area contributed by atoms with Gasteiger partial charge in [0, 0.05) is 72.3 Å². The van der Waals surface area contributed by atoms with E-state index in [-0.39, 0.29) is 92.1 Å². The van der Waals surface area contributed by atoms with Crippen LogP contribution in [0.15, 0.2) is 47.6 Å². The van der Waals surface area contributed by atoms with Gasteiger partial charge in [0.05, 0.1) is 52.6 Å². The zero-order valence-corrected chi connectivity index (χ0v) is 61.7. The largest absolute Gasteiger partial charge is 0.462 e. The quantitative estimate of drug-likeness (QED) is 0.0215. The third kappa shape index (κ3) is 25.2. The molecule has 1 saturated heterocycles. The van der Waals surface area contributed by atoms with Crippen molar-refractivity contribution in [3.05, 3.63) is 63.9 Å². The first kappa shape index (κ1) is 80.4. The van der Waals surface area contributed by atoms with Crippen molar-refractivity contribution >= 4 is 132 Å². The number of carbonyl (C=O) groups excluding carboxylic acids is 9. The van der Waals surface area contributed by atoms with E-state index in [1.165, 1.54) is 25.9 Å². The number of rotatable bonds is 19. The molecule has 14 atom stereocenters. The number of aliphatic hydroxyl groups is 3. The summed E-state index contributed by atoms with van der Waals surface area (Å²) in [5, 5.41) is 38.1. The lowest BCUT2D eigenvalue weighted by molar-refractivity contribution is -0.167. The van der Waals surface area contributed by atoms with Crippen molar-refractivity contribution in [2.45, 2.75) is 214 Å². The van der Waals surface area contributed by atoms with Gasteiger partial charge < -0.3 is 59.3 Å². The Labute approximate surface area is 583 Å². The molecule has 514 valence electrons. The molecule has 2 aliphatic heterocycles. The average Bonchev–Trinajstić information content (AvgIpc) is 0.810. The van der Waals surface area contributed by atoms with Crippen molar-refractivity contribution in [2.75, 3.05) is 51.2 Å². The number of halogens is 3. The summed E-state index contributed by atoms with van der Waals surface area (Å²) >= 11 is 5.96. The number of Topliss-reactive ketones (excluding diaryl/α,β-unsaturated/α-hetero) is 3. The first-order chi connectivity index (χ1) is 43.5. The highest BCUT2D eigenvalue weighted by Gasteiger charge is 2.41. The van der Waals surface area contributed by atoms with Gasteiger partial charge in [-0.3, -0.25) is 33.6 Å². The Morgan fingerprint density at radius 3 is 2.11 bits per heavy atom. The van der Waals surface area contributed by atoms with Crippen LogP contribution in [0, 0.1) is 46.2 Å². The maximum atomic E-state index is 14.6. The van der Waals surface area contributed by atoms with Gasteiger partial charge in [-0.15, -0.1) is 0 Å². The topological polar surface area (TPSA) is 297 Å². The van der Waals surface area contributed by atoms with Crippen LogP contribution < -0.4 is 10.6 Å². The lowest BCUT2D eigenvalue weighted by atomic mass is 9.78. The number of nitrogens with one attached hydrogen (secondary N) is 2. The van der Waals surface area contributed by atoms with Gasteiger partial charge in [-0.1, -0.05) is 71.1 Å².